The van der Waals surface area contributed by atoms with E-state index in [4.69, 9.17) is 0 Å². The van der Waals surface area contributed by atoms with Crippen LogP contribution in [0.4, 0.5) is 0 Å². The van der Waals surface area contributed by atoms with Gasteiger partial charge in [-0.1, -0.05) is 30.3 Å². The highest BCUT2D eigenvalue weighted by atomic mass is 32.2. The minimum Gasteiger partial charge on any atom is -0.296 e. The minimum absolute atomic E-state index is 0.515. The van der Waals surface area contributed by atoms with Gasteiger partial charge in [-0.25, -0.2) is 0 Å². The Bertz CT molecular complexity index is 809. The molecule has 0 amide bonds. The molecule has 2 heterocycles. The highest BCUT2D eigenvalue weighted by Crippen LogP contribution is 2.23. The predicted octanol–water partition coefficient (Wildman–Crippen LogP) is 1.01. The van der Waals surface area contributed by atoms with Gasteiger partial charge in [-0.3, -0.25) is 9.58 Å². The lowest BCUT2D eigenvalue weighted by molar-refractivity contribution is 0.177. The second-order valence-electron chi connectivity index (χ2n) is 6.51. The molecule has 7 nitrogen and oxygen atoms in total. The Labute approximate surface area is 149 Å². The Kier molecular flexibility index (Phi) is 5.24. The summed E-state index contributed by atoms with van der Waals surface area (Å²) in [5, 5.41) is 4.60. The molecular formula is C17H25N5O2S. The fourth-order valence-electron chi connectivity index (χ4n) is 3.08. The third-order valence-electron chi connectivity index (χ3n) is 4.46. The van der Waals surface area contributed by atoms with Crippen LogP contribution >= 0.6 is 0 Å². The molecule has 1 fully saturated rings. The van der Waals surface area contributed by atoms with Crippen LogP contribution in [0.15, 0.2) is 36.5 Å². The van der Waals surface area contributed by atoms with Gasteiger partial charge in [-0.05, 0) is 0 Å². The molecule has 0 spiro atoms. The third-order valence-corrected chi connectivity index (χ3v) is 6.41. The Morgan fingerprint density at radius 2 is 1.72 bits per heavy atom. The zero-order valence-corrected chi connectivity index (χ0v) is 15.8. The Hall–Kier alpha value is -1.74. The zero-order chi connectivity index (χ0) is 18.0. The number of aryl methyl sites for hydroxylation is 1. The first-order valence-electron chi connectivity index (χ1n) is 8.36. The molecule has 0 radical (unpaired) electrons. The van der Waals surface area contributed by atoms with Crippen molar-refractivity contribution in [2.24, 2.45) is 7.05 Å². The van der Waals surface area contributed by atoms with E-state index in [0.29, 0.717) is 13.1 Å². The van der Waals surface area contributed by atoms with E-state index in [2.05, 4.69) is 22.1 Å². The summed E-state index contributed by atoms with van der Waals surface area (Å²) < 4.78 is 29.1. The molecule has 1 aromatic heterocycles. The quantitative estimate of drug-likeness (QED) is 0.795. The SMILES string of the molecule is CN(C)S(=O)(=O)N1CCN(Cc2cn(C)nc2-c2ccccc2)CC1. The van der Waals surface area contributed by atoms with Crippen LogP contribution in [0.3, 0.4) is 0 Å². The summed E-state index contributed by atoms with van der Waals surface area (Å²) in [5.41, 5.74) is 3.26. The van der Waals surface area contributed by atoms with Crippen LogP contribution in [0.1, 0.15) is 5.56 Å². The van der Waals surface area contributed by atoms with Crippen molar-refractivity contribution in [1.29, 1.82) is 0 Å². The normalized spacial score (nSPS) is 17.3. The van der Waals surface area contributed by atoms with E-state index in [-0.39, 0.29) is 0 Å². The second-order valence-corrected chi connectivity index (χ2v) is 8.65. The van der Waals surface area contributed by atoms with E-state index in [1.807, 2.05) is 36.1 Å². The summed E-state index contributed by atoms with van der Waals surface area (Å²) in [5.74, 6) is 0. The van der Waals surface area contributed by atoms with Crippen LogP contribution in [0.25, 0.3) is 11.3 Å². The van der Waals surface area contributed by atoms with Crippen molar-refractivity contribution < 1.29 is 8.42 Å². The van der Waals surface area contributed by atoms with Crippen molar-refractivity contribution in [1.82, 2.24) is 23.3 Å². The van der Waals surface area contributed by atoms with Crippen LogP contribution < -0.4 is 0 Å². The molecule has 0 bridgehead atoms. The van der Waals surface area contributed by atoms with Gasteiger partial charge in [-0.15, -0.1) is 0 Å². The van der Waals surface area contributed by atoms with Gasteiger partial charge in [-0.2, -0.15) is 22.1 Å². The molecule has 1 saturated heterocycles. The Morgan fingerprint density at radius 3 is 2.32 bits per heavy atom. The molecule has 0 atom stereocenters. The van der Waals surface area contributed by atoms with Crippen molar-refractivity contribution >= 4 is 10.2 Å². The summed E-state index contributed by atoms with van der Waals surface area (Å²) in [6, 6.07) is 10.1. The predicted molar refractivity (Wildman–Crippen MR) is 98.1 cm³/mol. The van der Waals surface area contributed by atoms with Crippen LogP contribution in [-0.4, -0.2) is 72.0 Å². The molecule has 0 aliphatic carbocycles. The van der Waals surface area contributed by atoms with Crippen molar-refractivity contribution in [3.05, 3.63) is 42.1 Å². The van der Waals surface area contributed by atoms with E-state index in [9.17, 15) is 8.42 Å². The largest absolute Gasteiger partial charge is 0.296 e. The lowest BCUT2D eigenvalue weighted by Crippen LogP contribution is -2.51. The van der Waals surface area contributed by atoms with Crippen LogP contribution in [-0.2, 0) is 23.8 Å². The van der Waals surface area contributed by atoms with Gasteiger partial charge in [0.25, 0.3) is 10.2 Å². The van der Waals surface area contributed by atoms with Crippen LogP contribution in [0, 0.1) is 0 Å². The maximum absolute atomic E-state index is 12.2. The van der Waals surface area contributed by atoms with Gasteiger partial charge in [0.15, 0.2) is 0 Å². The number of hydrogen-bond acceptors (Lipinski definition) is 4. The van der Waals surface area contributed by atoms with Gasteiger partial charge in [0.05, 0.1) is 5.69 Å². The molecule has 0 N–H and O–H groups in total. The molecule has 0 unspecified atom stereocenters. The summed E-state index contributed by atoms with van der Waals surface area (Å²) >= 11 is 0. The standard InChI is InChI=1S/C17H25N5O2S/c1-19(2)25(23,24)22-11-9-21(10-12-22)14-16-13-20(3)18-17(16)15-7-5-4-6-8-15/h4-8,13H,9-12,14H2,1-3H3. The lowest BCUT2D eigenvalue weighted by atomic mass is 10.1. The topological polar surface area (TPSA) is 61.7 Å². The summed E-state index contributed by atoms with van der Waals surface area (Å²) in [7, 11) is 1.75. The molecular weight excluding hydrogens is 338 g/mol. The molecule has 2 aromatic rings. The number of hydrogen-bond donors (Lipinski definition) is 0. The van der Waals surface area contributed by atoms with Crippen LogP contribution in [0.5, 0.6) is 0 Å². The van der Waals surface area contributed by atoms with E-state index < -0.39 is 10.2 Å². The number of aromatic nitrogens is 2. The fourth-order valence-corrected chi connectivity index (χ4v) is 4.17. The molecule has 3 rings (SSSR count). The molecule has 1 aliphatic heterocycles. The molecule has 136 valence electrons. The maximum Gasteiger partial charge on any atom is 0.281 e. The van der Waals surface area contributed by atoms with Gasteiger partial charge < -0.3 is 0 Å². The highest BCUT2D eigenvalue weighted by molar-refractivity contribution is 7.86. The summed E-state index contributed by atoms with van der Waals surface area (Å²) in [6.07, 6.45) is 2.05. The first kappa shape index (κ1) is 18.1. The highest BCUT2D eigenvalue weighted by Gasteiger charge is 2.28. The molecule has 1 aliphatic rings. The Balaban J connectivity index is 1.69. The lowest BCUT2D eigenvalue weighted by Gasteiger charge is -2.35. The number of piperazine rings is 1. The van der Waals surface area contributed by atoms with Crippen molar-refractivity contribution in [3.63, 3.8) is 0 Å². The zero-order valence-electron chi connectivity index (χ0n) is 15.0. The molecule has 1 aromatic carbocycles. The minimum atomic E-state index is -3.32. The fraction of sp³-hybridized carbons (Fsp3) is 0.471. The second kappa shape index (κ2) is 7.25. The van der Waals surface area contributed by atoms with Crippen LogP contribution in [0.2, 0.25) is 0 Å². The van der Waals surface area contributed by atoms with E-state index in [0.717, 1.165) is 36.5 Å². The monoisotopic (exact) mass is 363 g/mol. The summed E-state index contributed by atoms with van der Waals surface area (Å²) in [6.45, 7) is 3.24. The average molecular weight is 363 g/mol. The van der Waals surface area contributed by atoms with E-state index in [1.54, 1.807) is 18.4 Å². The van der Waals surface area contributed by atoms with Crippen molar-refractivity contribution in [3.8, 4) is 11.3 Å². The van der Waals surface area contributed by atoms with Gasteiger partial charge in [0.1, 0.15) is 0 Å². The van der Waals surface area contributed by atoms with E-state index >= 15 is 0 Å². The molecule has 0 saturated carbocycles. The number of nitrogens with zero attached hydrogens (tertiary/aromatic N) is 5. The third kappa shape index (κ3) is 3.92. The first-order valence-corrected chi connectivity index (χ1v) is 9.75. The van der Waals surface area contributed by atoms with E-state index in [1.165, 1.54) is 4.31 Å². The first-order chi connectivity index (χ1) is 11.9. The maximum atomic E-state index is 12.2. The smallest absolute Gasteiger partial charge is 0.281 e. The number of rotatable bonds is 5. The summed E-state index contributed by atoms with van der Waals surface area (Å²) in [4.78, 5) is 2.28. The van der Waals surface area contributed by atoms with Crippen molar-refractivity contribution in [2.45, 2.75) is 6.54 Å². The number of benzene rings is 1. The molecule has 25 heavy (non-hydrogen) atoms. The van der Waals surface area contributed by atoms with Gasteiger partial charge >= 0.3 is 0 Å². The van der Waals surface area contributed by atoms with Gasteiger partial charge in [0, 0.05) is 71.2 Å². The van der Waals surface area contributed by atoms with Crippen molar-refractivity contribution in [2.75, 3.05) is 40.3 Å². The Morgan fingerprint density at radius 1 is 1.08 bits per heavy atom. The van der Waals surface area contributed by atoms with Gasteiger partial charge in [0.2, 0.25) is 0 Å². The molecule has 8 heteroatoms. The average Bonchev–Trinajstić information content (AvgIpc) is 2.96.